The molecule has 1 aliphatic rings. The van der Waals surface area contributed by atoms with Gasteiger partial charge >= 0.3 is 0 Å². The summed E-state index contributed by atoms with van der Waals surface area (Å²) in [6.07, 6.45) is 11.6. The standard InChI is InChI=1S/C13H18O2/c14-13(12-8-9-15-10-12)11-6-4-2-1-3-5-7-11/h8-11H,1-7H2. The molecule has 1 aromatic heterocycles. The van der Waals surface area contributed by atoms with Gasteiger partial charge in [0.25, 0.3) is 0 Å². The summed E-state index contributed by atoms with van der Waals surface area (Å²) >= 11 is 0. The van der Waals surface area contributed by atoms with Gasteiger partial charge in [0.05, 0.1) is 11.8 Å². The van der Waals surface area contributed by atoms with Crippen LogP contribution in [0, 0.1) is 5.92 Å². The zero-order chi connectivity index (χ0) is 10.5. The first-order valence-electron chi connectivity index (χ1n) is 5.94. The number of rotatable bonds is 2. The van der Waals surface area contributed by atoms with E-state index in [4.69, 9.17) is 4.42 Å². The predicted octanol–water partition coefficient (Wildman–Crippen LogP) is 3.82. The van der Waals surface area contributed by atoms with E-state index in [0.717, 1.165) is 18.4 Å². The summed E-state index contributed by atoms with van der Waals surface area (Å²) in [5.74, 6) is 0.522. The number of hydrogen-bond acceptors (Lipinski definition) is 2. The molecule has 0 saturated heterocycles. The van der Waals surface area contributed by atoms with Gasteiger partial charge in [-0.15, -0.1) is 0 Å². The minimum atomic E-state index is 0.239. The molecule has 0 radical (unpaired) electrons. The number of carbonyl (C=O) groups is 1. The maximum absolute atomic E-state index is 12.1. The van der Waals surface area contributed by atoms with Crippen molar-refractivity contribution in [1.29, 1.82) is 0 Å². The summed E-state index contributed by atoms with van der Waals surface area (Å²) in [5, 5.41) is 0. The van der Waals surface area contributed by atoms with Crippen LogP contribution in [0.3, 0.4) is 0 Å². The average Bonchev–Trinajstić information content (AvgIpc) is 2.68. The van der Waals surface area contributed by atoms with Crippen LogP contribution in [-0.2, 0) is 0 Å². The number of Topliss-reactive ketones (excluding diaryl/α,β-unsaturated/α-hetero) is 1. The molecule has 0 aromatic carbocycles. The average molecular weight is 206 g/mol. The van der Waals surface area contributed by atoms with Gasteiger partial charge in [0.1, 0.15) is 6.26 Å². The molecular formula is C13H18O2. The molecule has 0 spiro atoms. The lowest BCUT2D eigenvalue weighted by Crippen LogP contribution is -2.15. The van der Waals surface area contributed by atoms with Gasteiger partial charge in [0.15, 0.2) is 5.78 Å². The maximum atomic E-state index is 12.1. The highest BCUT2D eigenvalue weighted by Crippen LogP contribution is 2.25. The van der Waals surface area contributed by atoms with Gasteiger partial charge in [-0.2, -0.15) is 0 Å². The van der Waals surface area contributed by atoms with Gasteiger partial charge in [-0.1, -0.05) is 32.1 Å². The third-order valence-electron chi connectivity index (χ3n) is 3.28. The zero-order valence-electron chi connectivity index (χ0n) is 9.08. The van der Waals surface area contributed by atoms with Crippen LogP contribution in [-0.4, -0.2) is 5.78 Å². The van der Waals surface area contributed by atoms with Crippen LogP contribution >= 0.6 is 0 Å². The van der Waals surface area contributed by atoms with Crippen molar-refractivity contribution in [2.45, 2.75) is 44.9 Å². The number of carbonyl (C=O) groups excluding carboxylic acids is 1. The van der Waals surface area contributed by atoms with Gasteiger partial charge in [0.2, 0.25) is 0 Å². The summed E-state index contributed by atoms with van der Waals surface area (Å²) in [6.45, 7) is 0. The molecular weight excluding hydrogens is 188 g/mol. The minimum absolute atomic E-state index is 0.239. The van der Waals surface area contributed by atoms with Crippen LogP contribution in [0.2, 0.25) is 0 Å². The van der Waals surface area contributed by atoms with Gasteiger partial charge in [0, 0.05) is 5.92 Å². The highest BCUT2D eigenvalue weighted by Gasteiger charge is 2.21. The summed E-state index contributed by atoms with van der Waals surface area (Å²) in [6, 6.07) is 1.78. The first kappa shape index (κ1) is 10.5. The molecule has 2 nitrogen and oxygen atoms in total. The Hall–Kier alpha value is -1.05. The van der Waals surface area contributed by atoms with Gasteiger partial charge in [-0.3, -0.25) is 4.79 Å². The lowest BCUT2D eigenvalue weighted by molar-refractivity contribution is 0.0897. The molecule has 2 rings (SSSR count). The van der Waals surface area contributed by atoms with Gasteiger partial charge < -0.3 is 4.42 Å². The van der Waals surface area contributed by atoms with E-state index < -0.39 is 0 Å². The maximum Gasteiger partial charge on any atom is 0.169 e. The molecule has 0 N–H and O–H groups in total. The third-order valence-corrected chi connectivity index (χ3v) is 3.28. The van der Waals surface area contributed by atoms with Gasteiger partial charge in [-0.25, -0.2) is 0 Å². The smallest absolute Gasteiger partial charge is 0.169 e. The minimum Gasteiger partial charge on any atom is -0.472 e. The molecule has 0 bridgehead atoms. The summed E-state index contributed by atoms with van der Waals surface area (Å²) < 4.78 is 4.96. The van der Waals surface area contributed by atoms with Crippen LogP contribution in [0.15, 0.2) is 23.0 Å². The molecule has 0 atom stereocenters. The molecule has 82 valence electrons. The van der Waals surface area contributed by atoms with Gasteiger partial charge in [-0.05, 0) is 18.9 Å². The Morgan fingerprint density at radius 2 is 1.80 bits per heavy atom. The van der Waals surface area contributed by atoms with E-state index in [0.29, 0.717) is 0 Å². The van der Waals surface area contributed by atoms with E-state index >= 15 is 0 Å². The van der Waals surface area contributed by atoms with Crippen LogP contribution in [0.25, 0.3) is 0 Å². The van der Waals surface area contributed by atoms with E-state index in [1.165, 1.54) is 32.1 Å². The van der Waals surface area contributed by atoms with Crippen molar-refractivity contribution in [1.82, 2.24) is 0 Å². The van der Waals surface area contributed by atoms with Crippen LogP contribution in [0.5, 0.6) is 0 Å². The lowest BCUT2D eigenvalue weighted by atomic mass is 9.86. The number of furan rings is 1. The van der Waals surface area contributed by atoms with Crippen molar-refractivity contribution in [2.75, 3.05) is 0 Å². The molecule has 2 heteroatoms. The monoisotopic (exact) mass is 206 g/mol. The Labute approximate surface area is 90.7 Å². The second-order valence-electron chi connectivity index (χ2n) is 4.42. The second kappa shape index (κ2) is 5.15. The van der Waals surface area contributed by atoms with E-state index in [9.17, 15) is 4.79 Å². The fraction of sp³-hybridized carbons (Fsp3) is 0.615. The first-order valence-corrected chi connectivity index (χ1v) is 5.94. The number of hydrogen-bond donors (Lipinski definition) is 0. The molecule has 1 aromatic rings. The normalized spacial score (nSPS) is 19.5. The summed E-state index contributed by atoms with van der Waals surface area (Å²) in [5.41, 5.74) is 0.751. The Morgan fingerprint density at radius 1 is 1.13 bits per heavy atom. The lowest BCUT2D eigenvalue weighted by Gasteiger charge is -2.17. The molecule has 0 amide bonds. The van der Waals surface area contributed by atoms with E-state index in [1.54, 1.807) is 18.6 Å². The predicted molar refractivity (Wildman–Crippen MR) is 58.8 cm³/mol. The molecule has 15 heavy (non-hydrogen) atoms. The van der Waals surface area contributed by atoms with Crippen LogP contribution in [0.4, 0.5) is 0 Å². The quantitative estimate of drug-likeness (QED) is 0.688. The molecule has 0 aliphatic heterocycles. The fourth-order valence-corrected chi connectivity index (χ4v) is 2.36. The topological polar surface area (TPSA) is 30.2 Å². The second-order valence-corrected chi connectivity index (χ2v) is 4.42. The van der Waals surface area contributed by atoms with E-state index in [1.807, 2.05) is 0 Å². The number of ketones is 1. The SMILES string of the molecule is O=C(c1ccoc1)C1CCCCCCC1. The summed E-state index contributed by atoms with van der Waals surface area (Å²) in [4.78, 5) is 12.1. The van der Waals surface area contributed by atoms with Crippen molar-refractivity contribution in [3.8, 4) is 0 Å². The highest BCUT2D eigenvalue weighted by molar-refractivity contribution is 5.97. The Balaban J connectivity index is 1.98. The zero-order valence-corrected chi connectivity index (χ0v) is 9.08. The van der Waals surface area contributed by atoms with Crippen LogP contribution < -0.4 is 0 Å². The van der Waals surface area contributed by atoms with Crippen molar-refractivity contribution < 1.29 is 9.21 Å². The molecule has 1 aliphatic carbocycles. The Morgan fingerprint density at radius 3 is 2.40 bits per heavy atom. The van der Waals surface area contributed by atoms with Crippen molar-refractivity contribution in [3.05, 3.63) is 24.2 Å². The molecule has 0 unspecified atom stereocenters. The van der Waals surface area contributed by atoms with Crippen LogP contribution in [0.1, 0.15) is 55.3 Å². The Bertz CT molecular complexity index is 292. The summed E-state index contributed by atoms with van der Waals surface area (Å²) in [7, 11) is 0. The molecule has 1 heterocycles. The highest BCUT2D eigenvalue weighted by atomic mass is 16.3. The van der Waals surface area contributed by atoms with E-state index in [-0.39, 0.29) is 11.7 Å². The van der Waals surface area contributed by atoms with Crippen molar-refractivity contribution in [3.63, 3.8) is 0 Å². The fourth-order valence-electron chi connectivity index (χ4n) is 2.36. The van der Waals surface area contributed by atoms with Crippen molar-refractivity contribution >= 4 is 5.78 Å². The largest absolute Gasteiger partial charge is 0.472 e. The first-order chi connectivity index (χ1) is 7.38. The van der Waals surface area contributed by atoms with E-state index in [2.05, 4.69) is 0 Å². The Kier molecular flexibility index (Phi) is 3.59. The van der Waals surface area contributed by atoms with Crippen molar-refractivity contribution in [2.24, 2.45) is 5.92 Å². The molecule has 1 saturated carbocycles. The molecule has 1 fully saturated rings. The third kappa shape index (κ3) is 2.71.